The molecule has 0 radical (unpaired) electrons. The highest BCUT2D eigenvalue weighted by Crippen LogP contribution is 2.26. The lowest BCUT2D eigenvalue weighted by atomic mass is 9.98. The standard InChI is InChI=1S/C16H20N2O/c1-16(2,3)10-19-12-8-11-6-4-5-7-13(11)14(9-12)15(17)18/h4-9H,10H2,1-3H3,(H3,17,18). The molecule has 100 valence electrons. The Hall–Kier alpha value is -2.03. The molecule has 3 N–H and O–H groups in total. The lowest BCUT2D eigenvalue weighted by Crippen LogP contribution is -2.17. The van der Waals surface area contributed by atoms with Crippen molar-refractivity contribution in [1.82, 2.24) is 0 Å². The van der Waals surface area contributed by atoms with Gasteiger partial charge >= 0.3 is 0 Å². The number of nitrogen functional groups attached to an aromatic ring is 1. The Bertz CT molecular complexity index is 612. The van der Waals surface area contributed by atoms with Gasteiger partial charge in [-0.25, -0.2) is 0 Å². The van der Waals surface area contributed by atoms with E-state index in [-0.39, 0.29) is 11.3 Å². The first-order valence-corrected chi connectivity index (χ1v) is 6.37. The highest BCUT2D eigenvalue weighted by Gasteiger charge is 2.13. The van der Waals surface area contributed by atoms with Crippen molar-refractivity contribution < 1.29 is 4.74 Å². The molecule has 0 spiro atoms. The molecule has 0 aliphatic rings. The zero-order valence-corrected chi connectivity index (χ0v) is 11.7. The summed E-state index contributed by atoms with van der Waals surface area (Å²) in [6.45, 7) is 7.00. The van der Waals surface area contributed by atoms with Crippen LogP contribution in [0.5, 0.6) is 5.75 Å². The minimum absolute atomic E-state index is 0.0670. The van der Waals surface area contributed by atoms with Crippen molar-refractivity contribution in [3.63, 3.8) is 0 Å². The Morgan fingerprint density at radius 3 is 2.53 bits per heavy atom. The van der Waals surface area contributed by atoms with Crippen LogP contribution in [0.1, 0.15) is 26.3 Å². The first-order valence-electron chi connectivity index (χ1n) is 6.37. The van der Waals surface area contributed by atoms with Gasteiger partial charge in [-0.2, -0.15) is 0 Å². The molecule has 3 heteroatoms. The van der Waals surface area contributed by atoms with Crippen LogP contribution in [0.4, 0.5) is 0 Å². The van der Waals surface area contributed by atoms with Gasteiger partial charge in [-0.3, -0.25) is 5.41 Å². The van der Waals surface area contributed by atoms with Crippen molar-refractivity contribution >= 4 is 16.6 Å². The normalized spacial score (nSPS) is 11.5. The first kappa shape index (κ1) is 13.4. The molecule has 0 saturated heterocycles. The van der Waals surface area contributed by atoms with E-state index >= 15 is 0 Å². The molecule has 0 heterocycles. The molecular weight excluding hydrogens is 236 g/mol. The third kappa shape index (κ3) is 3.25. The van der Waals surface area contributed by atoms with Crippen LogP contribution in [0, 0.1) is 10.8 Å². The molecular formula is C16H20N2O. The second-order valence-electron chi connectivity index (χ2n) is 5.95. The molecule has 0 aliphatic carbocycles. The average molecular weight is 256 g/mol. The van der Waals surface area contributed by atoms with Crippen molar-refractivity contribution in [1.29, 1.82) is 5.41 Å². The summed E-state index contributed by atoms with van der Waals surface area (Å²) in [5.41, 5.74) is 6.48. The monoisotopic (exact) mass is 256 g/mol. The van der Waals surface area contributed by atoms with Gasteiger partial charge in [0.1, 0.15) is 11.6 Å². The summed E-state index contributed by atoms with van der Waals surface area (Å²) in [6, 6.07) is 11.7. The Labute approximate surface area is 113 Å². The number of nitrogens with one attached hydrogen (secondary N) is 1. The number of hydrogen-bond acceptors (Lipinski definition) is 2. The molecule has 0 aromatic heterocycles. The molecule has 2 aromatic carbocycles. The Balaban J connectivity index is 2.44. The van der Waals surface area contributed by atoms with Gasteiger partial charge in [0.25, 0.3) is 0 Å². The Morgan fingerprint density at radius 2 is 1.89 bits per heavy atom. The molecule has 2 rings (SSSR count). The summed E-state index contributed by atoms with van der Waals surface area (Å²) < 4.78 is 5.82. The summed E-state index contributed by atoms with van der Waals surface area (Å²) in [6.07, 6.45) is 0. The maximum absolute atomic E-state index is 7.69. The maximum Gasteiger partial charge on any atom is 0.123 e. The van der Waals surface area contributed by atoms with Gasteiger partial charge in [0, 0.05) is 5.56 Å². The number of fused-ring (bicyclic) bond motifs is 1. The molecule has 2 aromatic rings. The van der Waals surface area contributed by atoms with Crippen molar-refractivity contribution in [2.24, 2.45) is 11.1 Å². The van der Waals surface area contributed by atoms with Gasteiger partial charge in [-0.15, -0.1) is 0 Å². The van der Waals surface area contributed by atoms with E-state index in [2.05, 4.69) is 20.8 Å². The molecule has 0 fully saturated rings. The van der Waals surface area contributed by atoms with E-state index in [1.165, 1.54) is 0 Å². The zero-order chi connectivity index (χ0) is 14.0. The van der Waals surface area contributed by atoms with Crippen molar-refractivity contribution in [2.45, 2.75) is 20.8 Å². The lowest BCUT2D eigenvalue weighted by molar-refractivity contribution is 0.198. The topological polar surface area (TPSA) is 59.1 Å². The summed E-state index contributed by atoms with van der Waals surface area (Å²) in [5.74, 6) is 0.830. The number of benzene rings is 2. The zero-order valence-electron chi connectivity index (χ0n) is 11.7. The number of hydrogen-bond donors (Lipinski definition) is 2. The number of ether oxygens (including phenoxy) is 1. The van der Waals surface area contributed by atoms with Gasteiger partial charge < -0.3 is 10.5 Å². The van der Waals surface area contributed by atoms with Crippen LogP contribution >= 0.6 is 0 Å². The minimum Gasteiger partial charge on any atom is -0.493 e. The second kappa shape index (κ2) is 4.92. The third-order valence-electron chi connectivity index (χ3n) is 2.80. The molecule has 3 nitrogen and oxygen atoms in total. The van der Waals surface area contributed by atoms with Gasteiger partial charge in [0.2, 0.25) is 0 Å². The van der Waals surface area contributed by atoms with E-state index < -0.39 is 0 Å². The summed E-state index contributed by atoms with van der Waals surface area (Å²) in [5, 5.41) is 9.72. The van der Waals surface area contributed by atoms with E-state index in [1.54, 1.807) is 0 Å². The fourth-order valence-corrected chi connectivity index (χ4v) is 1.89. The van der Waals surface area contributed by atoms with E-state index in [1.807, 2.05) is 36.4 Å². The van der Waals surface area contributed by atoms with Crippen LogP contribution in [0.2, 0.25) is 0 Å². The van der Waals surface area contributed by atoms with E-state index in [9.17, 15) is 0 Å². The summed E-state index contributed by atoms with van der Waals surface area (Å²) >= 11 is 0. The Kier molecular flexibility index (Phi) is 3.47. The first-order chi connectivity index (χ1) is 8.87. The van der Waals surface area contributed by atoms with Crippen LogP contribution in [0.3, 0.4) is 0 Å². The van der Waals surface area contributed by atoms with Crippen LogP contribution in [-0.2, 0) is 0 Å². The fourth-order valence-electron chi connectivity index (χ4n) is 1.89. The molecule has 0 unspecified atom stereocenters. The quantitative estimate of drug-likeness (QED) is 0.651. The van der Waals surface area contributed by atoms with Crippen molar-refractivity contribution in [3.05, 3.63) is 42.0 Å². The largest absolute Gasteiger partial charge is 0.493 e. The number of amidine groups is 1. The van der Waals surface area contributed by atoms with Gasteiger partial charge in [0.05, 0.1) is 6.61 Å². The molecule has 0 amide bonds. The lowest BCUT2D eigenvalue weighted by Gasteiger charge is -2.19. The Morgan fingerprint density at radius 1 is 1.21 bits per heavy atom. The number of nitrogens with two attached hydrogens (primary N) is 1. The van der Waals surface area contributed by atoms with E-state index in [0.717, 1.165) is 22.1 Å². The summed E-state index contributed by atoms with van der Waals surface area (Å²) in [4.78, 5) is 0. The third-order valence-corrected chi connectivity index (χ3v) is 2.80. The smallest absolute Gasteiger partial charge is 0.123 e. The van der Waals surface area contributed by atoms with Crippen LogP contribution < -0.4 is 10.5 Å². The minimum atomic E-state index is 0.0670. The van der Waals surface area contributed by atoms with Gasteiger partial charge in [-0.1, -0.05) is 45.0 Å². The average Bonchev–Trinajstić information content (AvgIpc) is 2.34. The molecule has 0 atom stereocenters. The number of rotatable bonds is 3. The molecule has 19 heavy (non-hydrogen) atoms. The van der Waals surface area contributed by atoms with Crippen molar-refractivity contribution in [2.75, 3.05) is 6.61 Å². The summed E-state index contributed by atoms with van der Waals surface area (Å²) in [7, 11) is 0. The van der Waals surface area contributed by atoms with Gasteiger partial charge in [0.15, 0.2) is 0 Å². The van der Waals surface area contributed by atoms with Gasteiger partial charge in [-0.05, 0) is 28.3 Å². The predicted octanol–water partition coefficient (Wildman–Crippen LogP) is 3.55. The van der Waals surface area contributed by atoms with Crippen molar-refractivity contribution in [3.8, 4) is 5.75 Å². The van der Waals surface area contributed by atoms with Crippen LogP contribution in [0.15, 0.2) is 36.4 Å². The second-order valence-corrected chi connectivity index (χ2v) is 5.95. The molecule has 0 saturated carbocycles. The highest BCUT2D eigenvalue weighted by molar-refractivity contribution is 6.08. The molecule has 0 aliphatic heterocycles. The van der Waals surface area contributed by atoms with Crippen LogP contribution in [0.25, 0.3) is 10.8 Å². The SMILES string of the molecule is CC(C)(C)COc1cc(C(=N)N)c2ccccc2c1. The van der Waals surface area contributed by atoms with E-state index in [0.29, 0.717) is 6.61 Å². The highest BCUT2D eigenvalue weighted by atomic mass is 16.5. The predicted molar refractivity (Wildman–Crippen MR) is 79.9 cm³/mol. The van der Waals surface area contributed by atoms with Crippen LogP contribution in [-0.4, -0.2) is 12.4 Å². The molecule has 0 bridgehead atoms. The van der Waals surface area contributed by atoms with E-state index in [4.69, 9.17) is 15.9 Å². The fraction of sp³-hybridized carbons (Fsp3) is 0.312. The maximum atomic E-state index is 7.69.